The van der Waals surface area contributed by atoms with Gasteiger partial charge in [0.05, 0.1) is 7.11 Å². The first-order valence-corrected chi connectivity index (χ1v) is 7.41. The van der Waals surface area contributed by atoms with Crippen LogP contribution in [-0.2, 0) is 4.79 Å². The first-order valence-electron chi connectivity index (χ1n) is 7.41. The maximum Gasteiger partial charge on any atom is 0.336 e. The molecule has 0 aromatic heterocycles. The Morgan fingerprint density at radius 1 is 1.00 bits per heavy atom. The number of hydrogen-bond donors (Lipinski definition) is 1. The highest BCUT2D eigenvalue weighted by molar-refractivity contribution is 5.90. The van der Waals surface area contributed by atoms with Crippen molar-refractivity contribution in [3.05, 3.63) is 72.3 Å². The van der Waals surface area contributed by atoms with Gasteiger partial charge in [0, 0.05) is 6.08 Å². The van der Waals surface area contributed by atoms with Crippen LogP contribution in [0.3, 0.4) is 0 Å². The van der Waals surface area contributed by atoms with Gasteiger partial charge < -0.3 is 14.6 Å². The Hall–Kier alpha value is -3.27. The van der Waals surface area contributed by atoms with Gasteiger partial charge in [-0.3, -0.25) is 0 Å². The Morgan fingerprint density at radius 2 is 1.79 bits per heavy atom. The molecule has 0 aliphatic carbocycles. The zero-order valence-electron chi connectivity index (χ0n) is 13.1. The van der Waals surface area contributed by atoms with E-state index >= 15 is 0 Å². The molecule has 0 spiro atoms. The van der Waals surface area contributed by atoms with E-state index in [9.17, 15) is 9.90 Å². The number of phenolic OH excluding ortho intramolecular Hbond substituents is 1. The summed E-state index contributed by atoms with van der Waals surface area (Å²) in [6.07, 6.45) is 2.94. The van der Waals surface area contributed by atoms with Crippen molar-refractivity contribution < 1.29 is 19.4 Å². The Kier molecular flexibility index (Phi) is 4.47. The summed E-state index contributed by atoms with van der Waals surface area (Å²) in [6.45, 7) is 0. The highest BCUT2D eigenvalue weighted by Crippen LogP contribution is 2.26. The number of methoxy groups -OCH3 is 1. The second kappa shape index (κ2) is 6.87. The minimum atomic E-state index is -0.475. The molecule has 1 N–H and O–H groups in total. The number of rotatable bonds is 4. The van der Waals surface area contributed by atoms with E-state index in [1.54, 1.807) is 24.3 Å². The van der Waals surface area contributed by atoms with Gasteiger partial charge in [-0.05, 0) is 46.7 Å². The molecule has 3 aromatic rings. The Labute approximate surface area is 139 Å². The maximum atomic E-state index is 12.0. The van der Waals surface area contributed by atoms with Crippen LogP contribution in [0.1, 0.15) is 5.56 Å². The number of phenols is 1. The summed E-state index contributed by atoms with van der Waals surface area (Å²) in [7, 11) is 1.47. The van der Waals surface area contributed by atoms with Crippen molar-refractivity contribution in [1.29, 1.82) is 0 Å². The lowest BCUT2D eigenvalue weighted by atomic mass is 10.1. The van der Waals surface area contributed by atoms with Gasteiger partial charge in [-0.25, -0.2) is 4.79 Å². The predicted molar refractivity (Wildman–Crippen MR) is 93.3 cm³/mol. The number of carbonyl (C=O) groups is 1. The molecule has 24 heavy (non-hydrogen) atoms. The predicted octanol–water partition coefficient (Wildman–Crippen LogP) is 4.17. The third-order valence-corrected chi connectivity index (χ3v) is 3.56. The molecule has 0 unspecified atom stereocenters. The van der Waals surface area contributed by atoms with Gasteiger partial charge in [-0.1, -0.05) is 36.4 Å². The number of carbonyl (C=O) groups excluding carboxylic acids is 1. The second-order valence-electron chi connectivity index (χ2n) is 5.19. The summed E-state index contributed by atoms with van der Waals surface area (Å²) in [6, 6.07) is 18.2. The molecule has 0 radical (unpaired) electrons. The molecule has 0 aliphatic heterocycles. The van der Waals surface area contributed by atoms with E-state index in [1.165, 1.54) is 19.3 Å². The zero-order chi connectivity index (χ0) is 16.9. The normalized spacial score (nSPS) is 10.9. The molecule has 4 nitrogen and oxygen atoms in total. The van der Waals surface area contributed by atoms with Crippen molar-refractivity contribution >= 4 is 22.8 Å². The Bertz CT molecular complexity index is 912. The molecule has 0 heterocycles. The van der Waals surface area contributed by atoms with Gasteiger partial charge in [-0.2, -0.15) is 0 Å². The summed E-state index contributed by atoms with van der Waals surface area (Å²) < 4.78 is 10.3. The van der Waals surface area contributed by atoms with Crippen LogP contribution >= 0.6 is 0 Å². The van der Waals surface area contributed by atoms with E-state index < -0.39 is 5.97 Å². The molecule has 0 saturated carbocycles. The SMILES string of the molecule is COc1cc(/C=C/C(=O)Oc2ccc3ccccc3c2)ccc1O. The van der Waals surface area contributed by atoms with Gasteiger partial charge in [-0.15, -0.1) is 0 Å². The topological polar surface area (TPSA) is 55.8 Å². The van der Waals surface area contributed by atoms with E-state index in [-0.39, 0.29) is 5.75 Å². The monoisotopic (exact) mass is 320 g/mol. The van der Waals surface area contributed by atoms with E-state index in [2.05, 4.69) is 0 Å². The van der Waals surface area contributed by atoms with Crippen LogP contribution in [0.5, 0.6) is 17.2 Å². The Morgan fingerprint density at radius 3 is 2.58 bits per heavy atom. The van der Waals surface area contributed by atoms with Crippen LogP contribution in [-0.4, -0.2) is 18.2 Å². The average molecular weight is 320 g/mol. The fraction of sp³-hybridized carbons (Fsp3) is 0.0500. The van der Waals surface area contributed by atoms with Crippen molar-refractivity contribution in [3.8, 4) is 17.2 Å². The molecular weight excluding hydrogens is 304 g/mol. The van der Waals surface area contributed by atoms with E-state index in [0.29, 0.717) is 11.5 Å². The quantitative estimate of drug-likeness (QED) is 0.445. The summed E-state index contributed by atoms with van der Waals surface area (Å²) in [5.41, 5.74) is 0.722. The fourth-order valence-electron chi connectivity index (χ4n) is 2.34. The van der Waals surface area contributed by atoms with E-state index in [4.69, 9.17) is 9.47 Å². The lowest BCUT2D eigenvalue weighted by Gasteiger charge is -2.04. The molecule has 0 aliphatic rings. The number of ether oxygens (including phenoxy) is 2. The third-order valence-electron chi connectivity index (χ3n) is 3.56. The van der Waals surface area contributed by atoms with Gasteiger partial charge in [0.15, 0.2) is 11.5 Å². The maximum absolute atomic E-state index is 12.0. The molecule has 0 fully saturated rings. The minimum Gasteiger partial charge on any atom is -0.504 e. The van der Waals surface area contributed by atoms with Gasteiger partial charge >= 0.3 is 5.97 Å². The summed E-state index contributed by atoms with van der Waals surface area (Å²) >= 11 is 0. The van der Waals surface area contributed by atoms with Crippen LogP contribution in [0, 0.1) is 0 Å². The number of hydrogen-bond acceptors (Lipinski definition) is 4. The molecule has 0 amide bonds. The summed E-state index contributed by atoms with van der Waals surface area (Å²) in [4.78, 5) is 12.0. The van der Waals surface area contributed by atoms with Crippen LogP contribution < -0.4 is 9.47 Å². The molecule has 0 bridgehead atoms. The summed E-state index contributed by atoms with van der Waals surface area (Å²) in [5, 5.41) is 11.6. The first-order chi connectivity index (χ1) is 11.7. The number of esters is 1. The lowest BCUT2D eigenvalue weighted by molar-refractivity contribution is -0.128. The van der Waals surface area contributed by atoms with Gasteiger partial charge in [0.1, 0.15) is 5.75 Å². The van der Waals surface area contributed by atoms with Crippen LogP contribution in [0.25, 0.3) is 16.8 Å². The van der Waals surface area contributed by atoms with E-state index in [1.807, 2.05) is 36.4 Å². The largest absolute Gasteiger partial charge is 0.504 e. The standard InChI is InChI=1S/C20H16O4/c1-23-19-12-14(6-10-18(19)21)7-11-20(22)24-17-9-8-15-4-2-3-5-16(15)13-17/h2-13,21H,1H3/b11-7+. The molecular formula is C20H16O4. The summed E-state index contributed by atoms with van der Waals surface area (Å²) in [5.74, 6) is 0.414. The zero-order valence-corrected chi connectivity index (χ0v) is 13.1. The third kappa shape index (κ3) is 3.55. The van der Waals surface area contributed by atoms with Crippen molar-refractivity contribution in [1.82, 2.24) is 0 Å². The highest BCUT2D eigenvalue weighted by Gasteiger charge is 2.04. The number of benzene rings is 3. The van der Waals surface area contributed by atoms with Gasteiger partial charge in [0.2, 0.25) is 0 Å². The van der Waals surface area contributed by atoms with Crippen molar-refractivity contribution in [2.24, 2.45) is 0 Å². The van der Waals surface area contributed by atoms with Crippen LogP contribution in [0.2, 0.25) is 0 Å². The first kappa shape index (κ1) is 15.6. The molecule has 3 rings (SSSR count). The smallest absolute Gasteiger partial charge is 0.336 e. The Balaban J connectivity index is 1.72. The number of aromatic hydroxyl groups is 1. The highest BCUT2D eigenvalue weighted by atomic mass is 16.5. The van der Waals surface area contributed by atoms with Crippen molar-refractivity contribution in [3.63, 3.8) is 0 Å². The average Bonchev–Trinajstić information content (AvgIpc) is 2.61. The minimum absolute atomic E-state index is 0.0494. The van der Waals surface area contributed by atoms with E-state index in [0.717, 1.165) is 16.3 Å². The second-order valence-corrected chi connectivity index (χ2v) is 5.19. The molecule has 120 valence electrons. The van der Waals surface area contributed by atoms with Crippen molar-refractivity contribution in [2.45, 2.75) is 0 Å². The van der Waals surface area contributed by atoms with Crippen molar-refractivity contribution in [2.75, 3.05) is 7.11 Å². The fourth-order valence-corrected chi connectivity index (χ4v) is 2.34. The van der Waals surface area contributed by atoms with Gasteiger partial charge in [0.25, 0.3) is 0 Å². The molecule has 3 aromatic carbocycles. The number of fused-ring (bicyclic) bond motifs is 1. The van der Waals surface area contributed by atoms with Crippen LogP contribution in [0.15, 0.2) is 66.7 Å². The lowest BCUT2D eigenvalue weighted by Crippen LogP contribution is -2.03. The molecule has 0 atom stereocenters. The molecule has 4 heteroatoms. The van der Waals surface area contributed by atoms with Crippen LogP contribution in [0.4, 0.5) is 0 Å². The molecule has 0 saturated heterocycles.